The summed E-state index contributed by atoms with van der Waals surface area (Å²) in [5, 5.41) is 10.6. The van der Waals surface area contributed by atoms with Crippen LogP contribution in [0.25, 0.3) is 0 Å². The molecule has 0 bridgehead atoms. The second-order valence-corrected chi connectivity index (χ2v) is 7.40. The maximum absolute atomic E-state index is 12.4. The molecule has 1 aliphatic carbocycles. The van der Waals surface area contributed by atoms with Crippen molar-refractivity contribution in [2.45, 2.75) is 43.2 Å². The molecule has 0 aromatic carbocycles. The molecule has 1 saturated carbocycles. The van der Waals surface area contributed by atoms with Gasteiger partial charge in [0.05, 0.1) is 6.10 Å². The molecule has 1 aromatic heterocycles. The fourth-order valence-electron chi connectivity index (χ4n) is 2.45. The topological polar surface area (TPSA) is 92.7 Å². The van der Waals surface area contributed by atoms with Gasteiger partial charge in [0, 0.05) is 13.2 Å². The monoisotopic (exact) mass is 319 g/mol. The van der Waals surface area contributed by atoms with Crippen molar-refractivity contribution in [3.8, 4) is 0 Å². The Hall–Kier alpha value is -0.960. The van der Waals surface area contributed by atoms with Crippen LogP contribution in [0, 0.1) is 6.92 Å². The van der Waals surface area contributed by atoms with Gasteiger partial charge in [0.15, 0.2) is 0 Å². The van der Waals surface area contributed by atoms with E-state index in [0.29, 0.717) is 18.4 Å². The van der Waals surface area contributed by atoms with Gasteiger partial charge in [-0.2, -0.15) is 0 Å². The van der Waals surface area contributed by atoms with Crippen molar-refractivity contribution in [2.24, 2.45) is 0 Å². The van der Waals surface area contributed by atoms with Crippen molar-refractivity contribution in [1.82, 2.24) is 4.72 Å². The van der Waals surface area contributed by atoms with Gasteiger partial charge in [0.2, 0.25) is 10.0 Å². The second kappa shape index (κ2) is 5.80. The fourth-order valence-corrected chi connectivity index (χ4v) is 5.37. The molecule has 20 heavy (non-hydrogen) atoms. The van der Waals surface area contributed by atoms with Crippen LogP contribution in [0.1, 0.15) is 34.5 Å². The van der Waals surface area contributed by atoms with Crippen LogP contribution >= 0.6 is 11.3 Å². The number of aryl methyl sites for hydroxylation is 1. The van der Waals surface area contributed by atoms with Gasteiger partial charge >= 0.3 is 5.97 Å². The predicted molar refractivity (Wildman–Crippen MR) is 74.8 cm³/mol. The number of carboxylic acid groups (broad SMARTS) is 1. The van der Waals surface area contributed by atoms with Gasteiger partial charge in [-0.1, -0.05) is 0 Å². The van der Waals surface area contributed by atoms with E-state index >= 15 is 0 Å². The predicted octanol–water partition coefficient (Wildman–Crippen LogP) is 1.60. The number of methoxy groups -OCH3 is 1. The van der Waals surface area contributed by atoms with E-state index in [-0.39, 0.29) is 21.9 Å². The minimum absolute atomic E-state index is 0.0604. The molecule has 1 aromatic rings. The molecule has 8 heteroatoms. The van der Waals surface area contributed by atoms with E-state index in [4.69, 9.17) is 9.84 Å². The third-order valence-electron chi connectivity index (χ3n) is 3.42. The van der Waals surface area contributed by atoms with E-state index in [0.717, 1.165) is 17.8 Å². The third kappa shape index (κ3) is 3.03. The largest absolute Gasteiger partial charge is 0.477 e. The van der Waals surface area contributed by atoms with Crippen LogP contribution < -0.4 is 4.72 Å². The number of hydrogen-bond donors (Lipinski definition) is 2. The molecule has 0 amide bonds. The number of thiophene rings is 1. The number of aromatic carboxylic acids is 1. The quantitative estimate of drug-likeness (QED) is 0.860. The average Bonchev–Trinajstić information content (AvgIpc) is 2.95. The first-order valence-corrected chi connectivity index (χ1v) is 8.58. The Labute approximate surface area is 121 Å². The minimum atomic E-state index is -3.81. The first-order valence-electron chi connectivity index (χ1n) is 6.21. The number of hydrogen-bond acceptors (Lipinski definition) is 5. The summed E-state index contributed by atoms with van der Waals surface area (Å²) in [6.45, 7) is 1.60. The summed E-state index contributed by atoms with van der Waals surface area (Å²) in [6.07, 6.45) is 2.17. The molecule has 0 saturated heterocycles. The highest BCUT2D eigenvalue weighted by molar-refractivity contribution is 7.89. The molecule has 0 radical (unpaired) electrons. The molecule has 2 unspecified atom stereocenters. The number of ether oxygens (including phenoxy) is 1. The molecule has 0 aliphatic heterocycles. The molecule has 6 nitrogen and oxygen atoms in total. The van der Waals surface area contributed by atoms with E-state index in [1.54, 1.807) is 19.4 Å². The Morgan fingerprint density at radius 1 is 1.50 bits per heavy atom. The molecule has 1 heterocycles. The number of carboxylic acids is 1. The SMILES string of the molecule is COC1CCC(NS(=O)(=O)c2c(C)csc2C(=O)O)C1. The lowest BCUT2D eigenvalue weighted by Crippen LogP contribution is -2.34. The smallest absolute Gasteiger partial charge is 0.347 e. The van der Waals surface area contributed by atoms with E-state index in [2.05, 4.69) is 4.72 Å². The lowest BCUT2D eigenvalue weighted by atomic mass is 10.3. The van der Waals surface area contributed by atoms with Crippen molar-refractivity contribution in [2.75, 3.05) is 7.11 Å². The van der Waals surface area contributed by atoms with Crippen LogP contribution in [0.4, 0.5) is 0 Å². The second-order valence-electron chi connectivity index (χ2n) is 4.87. The van der Waals surface area contributed by atoms with E-state index in [9.17, 15) is 13.2 Å². The summed E-state index contributed by atoms with van der Waals surface area (Å²) < 4.78 is 32.6. The van der Waals surface area contributed by atoms with Crippen LogP contribution in [0.15, 0.2) is 10.3 Å². The van der Waals surface area contributed by atoms with Gasteiger partial charge in [-0.3, -0.25) is 0 Å². The van der Waals surface area contributed by atoms with Crippen LogP contribution in [0.3, 0.4) is 0 Å². The Morgan fingerprint density at radius 2 is 2.20 bits per heavy atom. The molecule has 112 valence electrons. The van der Waals surface area contributed by atoms with Crippen LogP contribution in [-0.2, 0) is 14.8 Å². The number of nitrogens with one attached hydrogen (secondary N) is 1. The van der Waals surface area contributed by atoms with Gasteiger partial charge in [0.1, 0.15) is 9.77 Å². The zero-order valence-corrected chi connectivity index (χ0v) is 12.9. The molecule has 2 N–H and O–H groups in total. The van der Waals surface area contributed by atoms with Gasteiger partial charge in [-0.25, -0.2) is 17.9 Å². The summed E-state index contributed by atoms with van der Waals surface area (Å²) in [5.74, 6) is -1.22. The summed E-state index contributed by atoms with van der Waals surface area (Å²) in [6, 6.07) is -0.203. The third-order valence-corrected chi connectivity index (χ3v) is 6.34. The summed E-state index contributed by atoms with van der Waals surface area (Å²) in [5.41, 5.74) is 0.459. The van der Waals surface area contributed by atoms with E-state index in [1.807, 2.05) is 0 Å². The first kappa shape index (κ1) is 15.4. The number of sulfonamides is 1. The molecular weight excluding hydrogens is 302 g/mol. The van der Waals surface area contributed by atoms with Crippen LogP contribution in [0.2, 0.25) is 0 Å². The first-order chi connectivity index (χ1) is 9.35. The summed E-state index contributed by atoms with van der Waals surface area (Å²) in [4.78, 5) is 10.9. The van der Waals surface area contributed by atoms with Crippen LogP contribution in [-0.4, -0.2) is 38.7 Å². The van der Waals surface area contributed by atoms with Crippen molar-refractivity contribution in [1.29, 1.82) is 0 Å². The standard InChI is InChI=1S/C12H17NO5S2/c1-7-6-19-10(12(14)15)11(7)20(16,17)13-8-3-4-9(5-8)18-2/h6,8-9,13H,3-5H2,1-2H3,(H,14,15). The Morgan fingerprint density at radius 3 is 2.75 bits per heavy atom. The summed E-state index contributed by atoms with van der Waals surface area (Å²) in [7, 11) is -2.21. The van der Waals surface area contributed by atoms with Gasteiger partial charge in [-0.05, 0) is 37.1 Å². The number of rotatable bonds is 5. The maximum atomic E-state index is 12.4. The van der Waals surface area contributed by atoms with Gasteiger partial charge in [-0.15, -0.1) is 11.3 Å². The lowest BCUT2D eigenvalue weighted by molar-refractivity contribution is 0.0698. The van der Waals surface area contributed by atoms with Crippen molar-refractivity contribution < 1.29 is 23.1 Å². The molecular formula is C12H17NO5S2. The van der Waals surface area contributed by atoms with Crippen LogP contribution in [0.5, 0.6) is 0 Å². The molecule has 1 fully saturated rings. The van der Waals surface area contributed by atoms with E-state index < -0.39 is 16.0 Å². The fraction of sp³-hybridized carbons (Fsp3) is 0.583. The van der Waals surface area contributed by atoms with Crippen molar-refractivity contribution in [3.63, 3.8) is 0 Å². The van der Waals surface area contributed by atoms with E-state index in [1.165, 1.54) is 0 Å². The normalized spacial score (nSPS) is 23.1. The zero-order valence-electron chi connectivity index (χ0n) is 11.3. The Bertz CT molecular complexity index is 607. The minimum Gasteiger partial charge on any atom is -0.477 e. The van der Waals surface area contributed by atoms with Gasteiger partial charge < -0.3 is 9.84 Å². The maximum Gasteiger partial charge on any atom is 0.347 e. The average molecular weight is 319 g/mol. The highest BCUT2D eigenvalue weighted by atomic mass is 32.2. The summed E-state index contributed by atoms with van der Waals surface area (Å²) >= 11 is 0.931. The molecule has 2 atom stereocenters. The Kier molecular flexibility index (Phi) is 4.48. The lowest BCUT2D eigenvalue weighted by Gasteiger charge is -2.14. The highest BCUT2D eigenvalue weighted by Gasteiger charge is 2.32. The zero-order chi connectivity index (χ0) is 14.9. The molecule has 1 aliphatic rings. The highest BCUT2D eigenvalue weighted by Crippen LogP contribution is 2.29. The van der Waals surface area contributed by atoms with Crippen molar-refractivity contribution >= 4 is 27.3 Å². The van der Waals surface area contributed by atoms with Gasteiger partial charge in [0.25, 0.3) is 0 Å². The van der Waals surface area contributed by atoms with Crippen molar-refractivity contribution in [3.05, 3.63) is 15.8 Å². The Balaban J connectivity index is 2.23. The molecule has 0 spiro atoms. The molecule has 2 rings (SSSR count). The number of carbonyl (C=O) groups is 1.